The van der Waals surface area contributed by atoms with Gasteiger partial charge in [-0.15, -0.1) is 0 Å². The monoisotopic (exact) mass is 497 g/mol. The number of aryl methyl sites for hydroxylation is 2. The number of fused-ring (bicyclic) bond motifs is 1. The number of hydrogen-bond donors (Lipinski definition) is 0. The van der Waals surface area contributed by atoms with Crippen molar-refractivity contribution < 1.29 is 32.2 Å². The van der Waals surface area contributed by atoms with Gasteiger partial charge in [0.2, 0.25) is 5.78 Å². The van der Waals surface area contributed by atoms with Gasteiger partial charge in [-0.05, 0) is 51.1 Å². The van der Waals surface area contributed by atoms with Crippen LogP contribution >= 0.6 is 0 Å². The quantitative estimate of drug-likeness (QED) is 0.345. The van der Waals surface area contributed by atoms with Gasteiger partial charge in [0.05, 0.1) is 17.1 Å². The van der Waals surface area contributed by atoms with Crippen molar-refractivity contribution in [2.24, 2.45) is 0 Å². The zero-order chi connectivity index (χ0) is 25.2. The maximum absolute atomic E-state index is 12.8. The fourth-order valence-corrected chi connectivity index (χ4v) is 5.21. The van der Waals surface area contributed by atoms with Crippen molar-refractivity contribution >= 4 is 21.6 Å². The molecule has 3 aromatic rings. The van der Waals surface area contributed by atoms with Gasteiger partial charge in [0.15, 0.2) is 27.9 Å². The summed E-state index contributed by atoms with van der Waals surface area (Å²) < 4.78 is 43.1. The second-order valence-electron chi connectivity index (χ2n) is 8.41. The van der Waals surface area contributed by atoms with E-state index in [2.05, 4.69) is 0 Å². The normalized spacial score (nSPS) is 12.9. The molecule has 1 aliphatic heterocycles. The van der Waals surface area contributed by atoms with E-state index < -0.39 is 22.4 Å². The molecular weight excluding hydrogens is 470 g/mol. The lowest BCUT2D eigenvalue weighted by Gasteiger charge is -2.20. The average molecular weight is 498 g/mol. The van der Waals surface area contributed by atoms with Gasteiger partial charge >= 0.3 is 5.97 Å². The van der Waals surface area contributed by atoms with E-state index in [1.54, 1.807) is 18.2 Å². The second-order valence-corrected chi connectivity index (χ2v) is 10.5. The van der Waals surface area contributed by atoms with Crippen molar-refractivity contribution in [3.63, 3.8) is 0 Å². The van der Waals surface area contributed by atoms with E-state index in [0.29, 0.717) is 36.0 Å². The van der Waals surface area contributed by atoms with Crippen molar-refractivity contribution in [2.75, 3.05) is 25.6 Å². The van der Waals surface area contributed by atoms with Gasteiger partial charge in [-0.2, -0.15) is 0 Å². The van der Waals surface area contributed by atoms with Crippen LogP contribution in [-0.4, -0.2) is 50.3 Å². The summed E-state index contributed by atoms with van der Waals surface area (Å²) in [5, 5.41) is 0. The molecule has 1 aromatic heterocycles. The lowest BCUT2D eigenvalue weighted by Crippen LogP contribution is -2.18. The largest absolute Gasteiger partial charge is 0.486 e. The molecule has 0 aliphatic carbocycles. The Hall–Kier alpha value is -3.59. The SMILES string of the molecule is Cc1ccc(S(=O)(=O)CCC(=O)OCC(=O)c2cc(C)n(-c3ccc4c(c3)OCCO4)c2C)cc1. The van der Waals surface area contributed by atoms with Gasteiger partial charge in [0.25, 0.3) is 0 Å². The highest BCUT2D eigenvalue weighted by atomic mass is 32.2. The van der Waals surface area contributed by atoms with E-state index in [1.807, 2.05) is 43.5 Å². The Kier molecular flexibility index (Phi) is 6.98. The minimum Gasteiger partial charge on any atom is -0.486 e. The third-order valence-corrected chi connectivity index (χ3v) is 7.57. The number of hydrogen-bond acceptors (Lipinski definition) is 7. The fraction of sp³-hybridized carbons (Fsp3) is 0.308. The van der Waals surface area contributed by atoms with Crippen LogP contribution in [0, 0.1) is 20.8 Å². The molecule has 4 rings (SSSR count). The predicted octanol–water partition coefficient (Wildman–Crippen LogP) is 3.76. The summed E-state index contributed by atoms with van der Waals surface area (Å²) in [7, 11) is -3.62. The van der Waals surface area contributed by atoms with E-state index >= 15 is 0 Å². The number of carbonyl (C=O) groups excluding carboxylic acids is 2. The van der Waals surface area contributed by atoms with Crippen LogP contribution in [0.4, 0.5) is 0 Å². The number of rotatable bonds is 8. The highest BCUT2D eigenvalue weighted by Gasteiger charge is 2.21. The zero-order valence-electron chi connectivity index (χ0n) is 19.9. The first-order chi connectivity index (χ1) is 16.7. The third kappa shape index (κ3) is 5.40. The molecule has 184 valence electrons. The standard InChI is InChI=1S/C26H27NO7S/c1-17-4-7-21(8-5-17)35(30,31)13-10-26(29)34-16-23(28)22-14-18(2)27(19(22)3)20-6-9-24-25(15-20)33-12-11-32-24/h4-9,14-15H,10-13,16H2,1-3H3. The Bertz CT molecular complexity index is 1370. The lowest BCUT2D eigenvalue weighted by atomic mass is 10.1. The molecule has 9 heteroatoms. The first-order valence-electron chi connectivity index (χ1n) is 11.2. The Labute approximate surface area is 204 Å². The third-order valence-electron chi connectivity index (χ3n) is 5.83. The second kappa shape index (κ2) is 9.95. The van der Waals surface area contributed by atoms with Crippen molar-refractivity contribution in [1.82, 2.24) is 4.57 Å². The van der Waals surface area contributed by atoms with Gasteiger partial charge in [0, 0.05) is 28.7 Å². The van der Waals surface area contributed by atoms with E-state index in [-0.39, 0.29) is 22.9 Å². The minimum atomic E-state index is -3.62. The number of carbonyl (C=O) groups is 2. The molecule has 0 bridgehead atoms. The number of ketones is 1. The highest BCUT2D eigenvalue weighted by molar-refractivity contribution is 7.91. The Balaban J connectivity index is 1.39. The number of esters is 1. The molecule has 0 spiro atoms. The zero-order valence-corrected chi connectivity index (χ0v) is 20.7. The Morgan fingerprint density at radius 1 is 0.943 bits per heavy atom. The molecule has 0 unspecified atom stereocenters. The minimum absolute atomic E-state index is 0.151. The molecule has 0 N–H and O–H groups in total. The summed E-state index contributed by atoms with van der Waals surface area (Å²) in [5.41, 5.74) is 3.72. The molecule has 0 saturated heterocycles. The number of aromatic nitrogens is 1. The smallest absolute Gasteiger partial charge is 0.307 e. The molecule has 0 amide bonds. The Morgan fingerprint density at radius 3 is 2.34 bits per heavy atom. The predicted molar refractivity (Wildman–Crippen MR) is 129 cm³/mol. The Morgan fingerprint density at radius 2 is 1.63 bits per heavy atom. The summed E-state index contributed by atoms with van der Waals surface area (Å²) in [4.78, 5) is 25.1. The fourth-order valence-electron chi connectivity index (χ4n) is 3.99. The summed E-state index contributed by atoms with van der Waals surface area (Å²) in [6.07, 6.45) is -0.334. The van der Waals surface area contributed by atoms with Gasteiger partial charge < -0.3 is 18.8 Å². The molecule has 2 aromatic carbocycles. The molecule has 1 aliphatic rings. The maximum atomic E-state index is 12.8. The number of ether oxygens (including phenoxy) is 3. The van der Waals surface area contributed by atoms with E-state index in [1.165, 1.54) is 12.1 Å². The summed E-state index contributed by atoms with van der Waals surface area (Å²) in [6, 6.07) is 13.7. The van der Waals surface area contributed by atoms with E-state index in [0.717, 1.165) is 16.9 Å². The highest BCUT2D eigenvalue weighted by Crippen LogP contribution is 2.33. The molecule has 8 nitrogen and oxygen atoms in total. The topological polar surface area (TPSA) is 101 Å². The molecule has 0 atom stereocenters. The summed E-state index contributed by atoms with van der Waals surface area (Å²) in [5.74, 6) is -0.174. The van der Waals surface area contributed by atoms with E-state index in [9.17, 15) is 18.0 Å². The number of Topliss-reactive ketones (excluding diaryl/α,β-unsaturated/α-hetero) is 1. The number of sulfone groups is 1. The molecule has 0 saturated carbocycles. The van der Waals surface area contributed by atoms with Crippen LogP contribution < -0.4 is 9.47 Å². The number of benzene rings is 2. The summed E-state index contributed by atoms with van der Waals surface area (Å²) >= 11 is 0. The van der Waals surface area contributed by atoms with Crippen LogP contribution in [0.2, 0.25) is 0 Å². The lowest BCUT2D eigenvalue weighted by molar-refractivity contribution is -0.142. The van der Waals surface area contributed by atoms with Gasteiger partial charge in [-0.25, -0.2) is 8.42 Å². The molecule has 0 fully saturated rings. The number of nitrogens with zero attached hydrogens (tertiary/aromatic N) is 1. The van der Waals surface area contributed by atoms with Gasteiger partial charge in [-0.3, -0.25) is 9.59 Å². The molecule has 35 heavy (non-hydrogen) atoms. The summed E-state index contributed by atoms with van der Waals surface area (Å²) in [6.45, 7) is 6.06. The van der Waals surface area contributed by atoms with Crippen molar-refractivity contribution in [3.8, 4) is 17.2 Å². The van der Waals surface area contributed by atoms with E-state index in [4.69, 9.17) is 14.2 Å². The van der Waals surface area contributed by atoms with Gasteiger partial charge in [-0.1, -0.05) is 17.7 Å². The van der Waals surface area contributed by atoms with Crippen molar-refractivity contribution in [3.05, 3.63) is 71.0 Å². The average Bonchev–Trinajstić information content (AvgIpc) is 3.15. The van der Waals surface area contributed by atoms with Gasteiger partial charge in [0.1, 0.15) is 13.2 Å². The van der Waals surface area contributed by atoms with Crippen LogP contribution in [0.25, 0.3) is 5.69 Å². The molecule has 0 radical (unpaired) electrons. The van der Waals surface area contributed by atoms with Crippen molar-refractivity contribution in [1.29, 1.82) is 0 Å². The molecule has 2 heterocycles. The van der Waals surface area contributed by atoms with Crippen LogP contribution in [0.3, 0.4) is 0 Å². The van der Waals surface area contributed by atoms with Crippen LogP contribution in [-0.2, 0) is 19.4 Å². The van der Waals surface area contributed by atoms with Crippen molar-refractivity contribution in [2.45, 2.75) is 32.1 Å². The molecular formula is C26H27NO7S. The maximum Gasteiger partial charge on any atom is 0.307 e. The first-order valence-corrected chi connectivity index (χ1v) is 12.9. The first kappa shape index (κ1) is 24.5. The van der Waals surface area contributed by atoms with Crippen LogP contribution in [0.5, 0.6) is 11.5 Å². The van der Waals surface area contributed by atoms with Crippen LogP contribution in [0.15, 0.2) is 53.4 Å². The van der Waals surface area contributed by atoms with Crippen LogP contribution in [0.1, 0.15) is 33.7 Å².